The number of ether oxygens (including phenoxy) is 1. The Balaban J connectivity index is 2.67. The highest BCUT2D eigenvalue weighted by Gasteiger charge is 2.20. The molecule has 1 aromatic rings. The van der Waals surface area contributed by atoms with Crippen LogP contribution in [0, 0.1) is 0 Å². The molecule has 7 nitrogen and oxygen atoms in total. The lowest BCUT2D eigenvalue weighted by molar-refractivity contribution is -0.127. The Morgan fingerprint density at radius 2 is 2.00 bits per heavy atom. The number of nitrogens with one attached hydrogen (secondary N) is 2. The molecule has 0 aliphatic rings. The van der Waals surface area contributed by atoms with Crippen LogP contribution in [-0.4, -0.2) is 31.1 Å². The Kier molecular flexibility index (Phi) is 5.51. The molecule has 0 saturated carbocycles. The van der Waals surface area contributed by atoms with Crippen molar-refractivity contribution in [3.8, 4) is 0 Å². The lowest BCUT2D eigenvalue weighted by atomic mass is 10.2. The van der Waals surface area contributed by atoms with E-state index in [-0.39, 0.29) is 5.56 Å². The minimum absolute atomic E-state index is 0.213. The first-order valence-corrected chi connectivity index (χ1v) is 6.43. The van der Waals surface area contributed by atoms with Gasteiger partial charge in [-0.25, -0.2) is 9.59 Å². The smallest absolute Gasteiger partial charge is 0.338 e. The number of rotatable bonds is 3. The number of benzene rings is 1. The van der Waals surface area contributed by atoms with Crippen LogP contribution in [0.25, 0.3) is 0 Å². The molecule has 4 N–H and O–H groups in total. The van der Waals surface area contributed by atoms with Crippen molar-refractivity contribution < 1.29 is 19.1 Å². The third kappa shape index (κ3) is 4.23. The van der Waals surface area contributed by atoms with Gasteiger partial charge in [0, 0.05) is 17.2 Å². The van der Waals surface area contributed by atoms with E-state index in [1.807, 2.05) is 5.32 Å². The van der Waals surface area contributed by atoms with E-state index in [0.29, 0.717) is 10.2 Å². The van der Waals surface area contributed by atoms with E-state index in [2.05, 4.69) is 21.2 Å². The third-order valence-corrected chi connectivity index (χ3v) is 3.07. The maximum Gasteiger partial charge on any atom is 0.338 e. The fourth-order valence-corrected chi connectivity index (χ4v) is 1.48. The van der Waals surface area contributed by atoms with Gasteiger partial charge in [0.05, 0.1) is 5.56 Å². The summed E-state index contributed by atoms with van der Waals surface area (Å²) in [5, 5.41) is 4.22. The molecular formula is C12H14BrN3O4. The zero-order valence-electron chi connectivity index (χ0n) is 10.9. The molecule has 0 aromatic heterocycles. The Morgan fingerprint density at radius 1 is 1.35 bits per heavy atom. The first-order valence-electron chi connectivity index (χ1n) is 5.63. The van der Waals surface area contributed by atoms with Crippen molar-refractivity contribution in [1.29, 1.82) is 0 Å². The van der Waals surface area contributed by atoms with Crippen LogP contribution in [0.5, 0.6) is 0 Å². The molecule has 3 amide bonds. The van der Waals surface area contributed by atoms with E-state index < -0.39 is 24.0 Å². The Labute approximate surface area is 124 Å². The second-order valence-electron chi connectivity index (χ2n) is 3.85. The predicted octanol–water partition coefficient (Wildman–Crippen LogP) is 1.03. The number of imide groups is 1. The van der Waals surface area contributed by atoms with Gasteiger partial charge in [0.1, 0.15) is 0 Å². The van der Waals surface area contributed by atoms with Gasteiger partial charge in [-0.1, -0.05) is 0 Å². The fourth-order valence-electron chi connectivity index (χ4n) is 1.23. The van der Waals surface area contributed by atoms with E-state index in [1.165, 1.54) is 26.1 Å². The molecule has 0 radical (unpaired) electrons. The van der Waals surface area contributed by atoms with Gasteiger partial charge in [-0.2, -0.15) is 0 Å². The van der Waals surface area contributed by atoms with Gasteiger partial charge in [-0.15, -0.1) is 0 Å². The standard InChI is InChI=1S/C12H14BrN3O4/c1-6(10(17)16-12(19)15-2)20-11(18)7-3-4-8(13)9(14)5-7/h3-6H,14H2,1-2H3,(H2,15,16,17,19). The number of amides is 3. The molecule has 0 aliphatic heterocycles. The number of anilines is 1. The van der Waals surface area contributed by atoms with Crippen LogP contribution >= 0.6 is 15.9 Å². The minimum Gasteiger partial charge on any atom is -0.449 e. The van der Waals surface area contributed by atoms with Gasteiger partial charge in [-0.05, 0) is 41.1 Å². The van der Waals surface area contributed by atoms with Crippen LogP contribution in [-0.2, 0) is 9.53 Å². The molecule has 108 valence electrons. The van der Waals surface area contributed by atoms with Gasteiger partial charge < -0.3 is 15.8 Å². The number of urea groups is 1. The van der Waals surface area contributed by atoms with E-state index in [9.17, 15) is 14.4 Å². The van der Waals surface area contributed by atoms with Crippen molar-refractivity contribution in [1.82, 2.24) is 10.6 Å². The number of esters is 1. The summed E-state index contributed by atoms with van der Waals surface area (Å²) in [7, 11) is 1.36. The molecule has 1 unspecified atom stereocenters. The van der Waals surface area contributed by atoms with E-state index in [4.69, 9.17) is 10.5 Å². The molecular weight excluding hydrogens is 330 g/mol. The zero-order valence-corrected chi connectivity index (χ0v) is 12.5. The van der Waals surface area contributed by atoms with Crippen molar-refractivity contribution in [3.63, 3.8) is 0 Å². The average Bonchev–Trinajstić information content (AvgIpc) is 2.41. The molecule has 1 aromatic carbocycles. The van der Waals surface area contributed by atoms with Crippen molar-refractivity contribution in [2.75, 3.05) is 12.8 Å². The zero-order chi connectivity index (χ0) is 15.3. The summed E-state index contributed by atoms with van der Waals surface area (Å²) < 4.78 is 5.59. The summed E-state index contributed by atoms with van der Waals surface area (Å²) in [5.74, 6) is -1.42. The normalized spacial score (nSPS) is 11.3. The minimum atomic E-state index is -1.11. The highest BCUT2D eigenvalue weighted by molar-refractivity contribution is 9.10. The second kappa shape index (κ2) is 6.90. The van der Waals surface area contributed by atoms with Crippen LogP contribution in [0.4, 0.5) is 10.5 Å². The maximum atomic E-state index is 11.8. The third-order valence-electron chi connectivity index (χ3n) is 2.35. The Hall–Kier alpha value is -2.09. The molecule has 0 spiro atoms. The summed E-state index contributed by atoms with van der Waals surface area (Å²) >= 11 is 3.20. The largest absolute Gasteiger partial charge is 0.449 e. The van der Waals surface area contributed by atoms with Crippen LogP contribution in [0.3, 0.4) is 0 Å². The van der Waals surface area contributed by atoms with Gasteiger partial charge in [0.15, 0.2) is 6.10 Å². The van der Waals surface area contributed by atoms with E-state index >= 15 is 0 Å². The molecule has 0 fully saturated rings. The summed E-state index contributed by atoms with van der Waals surface area (Å²) in [6.07, 6.45) is -1.11. The lowest BCUT2D eigenvalue weighted by Crippen LogP contribution is -2.43. The number of carbonyl (C=O) groups is 3. The number of halogens is 1. The van der Waals surface area contributed by atoms with Crippen LogP contribution in [0.2, 0.25) is 0 Å². The molecule has 20 heavy (non-hydrogen) atoms. The van der Waals surface area contributed by atoms with Crippen molar-refractivity contribution in [3.05, 3.63) is 28.2 Å². The Bertz CT molecular complexity index is 548. The molecule has 1 atom stereocenters. The predicted molar refractivity (Wildman–Crippen MR) is 76.0 cm³/mol. The van der Waals surface area contributed by atoms with Crippen molar-refractivity contribution in [2.24, 2.45) is 0 Å². The van der Waals surface area contributed by atoms with Gasteiger partial charge >= 0.3 is 12.0 Å². The quantitative estimate of drug-likeness (QED) is 0.560. The summed E-state index contributed by atoms with van der Waals surface area (Å²) in [6, 6.07) is 3.86. The average molecular weight is 344 g/mol. The number of hydrogen-bond donors (Lipinski definition) is 3. The molecule has 1 rings (SSSR count). The van der Waals surface area contributed by atoms with Crippen molar-refractivity contribution >= 4 is 39.5 Å². The number of nitrogen functional groups attached to an aromatic ring is 1. The molecule has 8 heteroatoms. The monoisotopic (exact) mass is 343 g/mol. The lowest BCUT2D eigenvalue weighted by Gasteiger charge is -2.13. The number of carbonyl (C=O) groups excluding carboxylic acids is 3. The van der Waals surface area contributed by atoms with E-state index in [0.717, 1.165) is 0 Å². The molecule has 0 saturated heterocycles. The van der Waals surface area contributed by atoms with Crippen LogP contribution in [0.15, 0.2) is 22.7 Å². The SMILES string of the molecule is CNC(=O)NC(=O)C(C)OC(=O)c1ccc(Br)c(N)c1. The topological polar surface area (TPSA) is 111 Å². The fraction of sp³-hybridized carbons (Fsp3) is 0.250. The van der Waals surface area contributed by atoms with E-state index in [1.54, 1.807) is 6.07 Å². The molecule has 0 aliphatic carbocycles. The van der Waals surface area contributed by atoms with Crippen molar-refractivity contribution in [2.45, 2.75) is 13.0 Å². The molecule has 0 heterocycles. The highest BCUT2D eigenvalue weighted by atomic mass is 79.9. The van der Waals surface area contributed by atoms with Gasteiger partial charge in [0.2, 0.25) is 0 Å². The van der Waals surface area contributed by atoms with Crippen LogP contribution in [0.1, 0.15) is 17.3 Å². The second-order valence-corrected chi connectivity index (χ2v) is 4.71. The first-order chi connectivity index (χ1) is 9.35. The highest BCUT2D eigenvalue weighted by Crippen LogP contribution is 2.20. The van der Waals surface area contributed by atoms with Gasteiger partial charge in [-0.3, -0.25) is 10.1 Å². The summed E-state index contributed by atoms with van der Waals surface area (Å²) in [4.78, 5) is 34.3. The number of nitrogens with two attached hydrogens (primary N) is 1. The summed E-state index contributed by atoms with van der Waals surface area (Å²) in [6.45, 7) is 1.36. The van der Waals surface area contributed by atoms with Gasteiger partial charge in [0.25, 0.3) is 5.91 Å². The Morgan fingerprint density at radius 3 is 2.55 bits per heavy atom. The summed E-state index contributed by atoms with van der Waals surface area (Å²) in [5.41, 5.74) is 6.24. The van der Waals surface area contributed by atoms with Crippen LogP contribution < -0.4 is 16.4 Å². The molecule has 0 bridgehead atoms. The number of hydrogen-bond acceptors (Lipinski definition) is 5. The maximum absolute atomic E-state index is 11.8. The first kappa shape index (κ1) is 16.0.